The standard InChI is InChI=1S/C50H97NO5/c1-5-9-21-32-46(33-22-10-6-2)44-49(52)55-41-29-19-15-13-14-17-25-36-48(54-43-31-40-51-38-27-28-39-51)37-26-18-16-20-30-42-56-50(53)45-47(34-23-11-7-3)35-24-12-8-4/h46-48H,5-45H2,1-4H3. The van der Waals surface area contributed by atoms with E-state index in [-0.39, 0.29) is 11.9 Å². The lowest BCUT2D eigenvalue weighted by atomic mass is 9.92. The van der Waals surface area contributed by atoms with Gasteiger partial charge in [0.25, 0.3) is 0 Å². The fraction of sp³-hybridized carbons (Fsp3) is 0.960. The summed E-state index contributed by atoms with van der Waals surface area (Å²) < 4.78 is 17.9. The molecule has 0 aromatic rings. The molecule has 6 heteroatoms. The third kappa shape index (κ3) is 33.8. The Hall–Kier alpha value is -1.14. The largest absolute Gasteiger partial charge is 0.466 e. The molecule has 1 aliphatic rings. The van der Waals surface area contributed by atoms with Gasteiger partial charge in [0.2, 0.25) is 0 Å². The summed E-state index contributed by atoms with van der Waals surface area (Å²) in [6.45, 7) is 14.8. The highest BCUT2D eigenvalue weighted by Crippen LogP contribution is 2.23. The van der Waals surface area contributed by atoms with E-state index in [1.807, 2.05) is 0 Å². The van der Waals surface area contributed by atoms with Crippen molar-refractivity contribution < 1.29 is 23.8 Å². The molecule has 0 N–H and O–H groups in total. The number of unbranched alkanes of at least 4 members (excludes halogenated alkanes) is 18. The molecule has 0 aliphatic carbocycles. The highest BCUT2D eigenvalue weighted by atomic mass is 16.5. The van der Waals surface area contributed by atoms with Gasteiger partial charge in [-0.25, -0.2) is 0 Å². The Kier molecular flexibility index (Phi) is 38.4. The number of carbonyl (C=O) groups is 2. The van der Waals surface area contributed by atoms with Gasteiger partial charge >= 0.3 is 11.9 Å². The van der Waals surface area contributed by atoms with Gasteiger partial charge in [-0.2, -0.15) is 0 Å². The third-order valence-corrected chi connectivity index (χ3v) is 12.3. The molecule has 1 heterocycles. The predicted octanol–water partition coefficient (Wildman–Crippen LogP) is 14.7. The number of hydrogen-bond acceptors (Lipinski definition) is 6. The summed E-state index contributed by atoms with van der Waals surface area (Å²) in [4.78, 5) is 27.7. The molecule has 0 aromatic heterocycles. The van der Waals surface area contributed by atoms with E-state index in [0.717, 1.165) is 38.7 Å². The molecular formula is C50H97NO5. The molecule has 6 nitrogen and oxygen atoms in total. The summed E-state index contributed by atoms with van der Waals surface area (Å²) in [5.41, 5.74) is 0. The van der Waals surface area contributed by atoms with E-state index in [1.165, 1.54) is 199 Å². The molecule has 0 aromatic carbocycles. The second-order valence-electron chi connectivity index (χ2n) is 17.8. The highest BCUT2D eigenvalue weighted by Gasteiger charge is 2.17. The zero-order valence-corrected chi connectivity index (χ0v) is 38.2. The average Bonchev–Trinajstić information content (AvgIpc) is 3.71. The lowest BCUT2D eigenvalue weighted by Crippen LogP contribution is -2.23. The molecule has 1 atom stereocenters. The average molecular weight is 792 g/mol. The molecule has 0 spiro atoms. The van der Waals surface area contributed by atoms with E-state index in [4.69, 9.17) is 14.2 Å². The molecule has 0 amide bonds. The maximum Gasteiger partial charge on any atom is 0.306 e. The van der Waals surface area contributed by atoms with Crippen LogP contribution in [0, 0.1) is 11.8 Å². The summed E-state index contributed by atoms with van der Waals surface area (Å²) >= 11 is 0. The lowest BCUT2D eigenvalue weighted by Gasteiger charge is -2.20. The Labute approximate surface area is 349 Å². The summed E-state index contributed by atoms with van der Waals surface area (Å²) in [6.07, 6.45) is 41.9. The van der Waals surface area contributed by atoms with Crippen molar-refractivity contribution in [3.8, 4) is 0 Å². The molecular weight excluding hydrogens is 695 g/mol. The van der Waals surface area contributed by atoms with Crippen molar-refractivity contribution in [2.24, 2.45) is 11.8 Å². The molecule has 0 radical (unpaired) electrons. The van der Waals surface area contributed by atoms with Crippen LogP contribution in [-0.2, 0) is 23.8 Å². The number of hydrogen-bond donors (Lipinski definition) is 0. The van der Waals surface area contributed by atoms with Crippen molar-refractivity contribution in [3.63, 3.8) is 0 Å². The summed E-state index contributed by atoms with van der Waals surface area (Å²) in [5.74, 6) is 1.08. The number of likely N-dealkylation sites (tertiary alicyclic amines) is 1. The van der Waals surface area contributed by atoms with E-state index >= 15 is 0 Å². The Bertz CT molecular complexity index is 825. The molecule has 0 bridgehead atoms. The first kappa shape index (κ1) is 52.9. The SMILES string of the molecule is CCCCCC(CCCCC)CC(=O)OCCCCCCCCCC(CCCCCCCOC(=O)CC(CCCCC)CCCCC)OCCCN1CCCC1. The van der Waals surface area contributed by atoms with Gasteiger partial charge in [-0.15, -0.1) is 0 Å². The fourth-order valence-corrected chi connectivity index (χ4v) is 8.61. The quantitative estimate of drug-likeness (QED) is 0.0453. The first-order chi connectivity index (χ1) is 27.5. The normalized spacial score (nSPS) is 14.0. The van der Waals surface area contributed by atoms with Gasteiger partial charge in [-0.3, -0.25) is 9.59 Å². The van der Waals surface area contributed by atoms with Crippen LogP contribution in [0.5, 0.6) is 0 Å². The maximum absolute atomic E-state index is 12.6. The second kappa shape index (κ2) is 40.6. The van der Waals surface area contributed by atoms with Crippen LogP contribution in [0.3, 0.4) is 0 Å². The van der Waals surface area contributed by atoms with Crippen LogP contribution in [0.2, 0.25) is 0 Å². The number of rotatable bonds is 43. The van der Waals surface area contributed by atoms with Crippen molar-refractivity contribution in [2.45, 2.75) is 259 Å². The van der Waals surface area contributed by atoms with Crippen LogP contribution in [0.1, 0.15) is 252 Å². The molecule has 1 fully saturated rings. The number of carbonyl (C=O) groups excluding carboxylic acids is 2. The monoisotopic (exact) mass is 792 g/mol. The molecule has 56 heavy (non-hydrogen) atoms. The van der Waals surface area contributed by atoms with Gasteiger partial charge in [0.1, 0.15) is 0 Å². The Morgan fingerprint density at radius 1 is 0.429 bits per heavy atom. The van der Waals surface area contributed by atoms with Gasteiger partial charge in [0.05, 0.1) is 19.3 Å². The van der Waals surface area contributed by atoms with E-state index in [2.05, 4.69) is 32.6 Å². The minimum absolute atomic E-state index is 0.0279. The number of ether oxygens (including phenoxy) is 3. The minimum atomic E-state index is 0.0279. The van der Waals surface area contributed by atoms with Crippen LogP contribution in [0.4, 0.5) is 0 Å². The number of esters is 2. The molecule has 1 rings (SSSR count). The van der Waals surface area contributed by atoms with E-state index < -0.39 is 0 Å². The van der Waals surface area contributed by atoms with E-state index in [1.54, 1.807) is 0 Å². The summed E-state index contributed by atoms with van der Waals surface area (Å²) in [5, 5.41) is 0. The Morgan fingerprint density at radius 2 is 0.786 bits per heavy atom. The topological polar surface area (TPSA) is 65.1 Å². The van der Waals surface area contributed by atoms with Crippen molar-refractivity contribution in [1.82, 2.24) is 4.90 Å². The third-order valence-electron chi connectivity index (χ3n) is 12.3. The van der Waals surface area contributed by atoms with Crippen molar-refractivity contribution in [3.05, 3.63) is 0 Å². The van der Waals surface area contributed by atoms with Gasteiger partial charge in [0, 0.05) is 26.0 Å². The maximum atomic E-state index is 12.6. The van der Waals surface area contributed by atoms with Gasteiger partial charge in [-0.05, 0) is 95.6 Å². The van der Waals surface area contributed by atoms with Gasteiger partial charge in [-0.1, -0.05) is 169 Å². The zero-order valence-electron chi connectivity index (χ0n) is 38.2. The number of nitrogens with zero attached hydrogens (tertiary/aromatic N) is 1. The van der Waals surface area contributed by atoms with Crippen LogP contribution in [0.15, 0.2) is 0 Å². The van der Waals surface area contributed by atoms with Crippen LogP contribution >= 0.6 is 0 Å². The Morgan fingerprint density at radius 3 is 1.18 bits per heavy atom. The zero-order chi connectivity index (χ0) is 40.6. The molecule has 1 saturated heterocycles. The van der Waals surface area contributed by atoms with Crippen molar-refractivity contribution in [1.29, 1.82) is 0 Å². The minimum Gasteiger partial charge on any atom is -0.466 e. The van der Waals surface area contributed by atoms with Crippen LogP contribution < -0.4 is 0 Å². The fourth-order valence-electron chi connectivity index (χ4n) is 8.61. The first-order valence-electron chi connectivity index (χ1n) is 25.2. The van der Waals surface area contributed by atoms with Gasteiger partial charge in [0.15, 0.2) is 0 Å². The van der Waals surface area contributed by atoms with Crippen LogP contribution in [-0.4, -0.2) is 62.4 Å². The van der Waals surface area contributed by atoms with Crippen molar-refractivity contribution in [2.75, 3.05) is 39.5 Å². The predicted molar refractivity (Wildman–Crippen MR) is 239 cm³/mol. The van der Waals surface area contributed by atoms with Crippen LogP contribution in [0.25, 0.3) is 0 Å². The van der Waals surface area contributed by atoms with E-state index in [0.29, 0.717) is 44.0 Å². The van der Waals surface area contributed by atoms with Gasteiger partial charge < -0.3 is 19.1 Å². The molecule has 1 unspecified atom stereocenters. The molecule has 332 valence electrons. The second-order valence-corrected chi connectivity index (χ2v) is 17.8. The lowest BCUT2D eigenvalue weighted by molar-refractivity contribution is -0.146. The highest BCUT2D eigenvalue weighted by molar-refractivity contribution is 5.70. The van der Waals surface area contributed by atoms with E-state index in [9.17, 15) is 9.59 Å². The van der Waals surface area contributed by atoms with Crippen molar-refractivity contribution >= 4 is 11.9 Å². The molecule has 0 saturated carbocycles. The first-order valence-corrected chi connectivity index (χ1v) is 25.2. The smallest absolute Gasteiger partial charge is 0.306 e. The summed E-state index contributed by atoms with van der Waals surface area (Å²) in [6, 6.07) is 0. The summed E-state index contributed by atoms with van der Waals surface area (Å²) in [7, 11) is 0. The molecule has 1 aliphatic heterocycles. The Balaban J connectivity index is 2.21.